The molecule has 0 atom stereocenters. The van der Waals surface area contributed by atoms with Gasteiger partial charge in [-0.2, -0.15) is 13.2 Å². The fourth-order valence-electron chi connectivity index (χ4n) is 1.59. The molecule has 1 N–H and O–H groups in total. The summed E-state index contributed by atoms with van der Waals surface area (Å²) in [5, 5.41) is 0. The van der Waals surface area contributed by atoms with Crippen molar-refractivity contribution >= 4 is 0 Å². The summed E-state index contributed by atoms with van der Waals surface area (Å²) in [5.41, 5.74) is -2.01. The minimum atomic E-state index is -4.62. The van der Waals surface area contributed by atoms with Gasteiger partial charge in [0.15, 0.2) is 0 Å². The first kappa shape index (κ1) is 12.3. The van der Waals surface area contributed by atoms with Crippen molar-refractivity contribution in [3.8, 4) is 11.3 Å². The Labute approximate surface area is 98.9 Å². The van der Waals surface area contributed by atoms with Crippen LogP contribution in [0.1, 0.15) is 5.56 Å². The van der Waals surface area contributed by atoms with Crippen LogP contribution in [0.25, 0.3) is 11.3 Å². The molecule has 2 nitrogen and oxygen atoms in total. The standard InChI is InChI=1S/C12H7F4NO/c13-7-4-5-9(12(14,15)16)8(6-7)10-2-1-3-11(18)17-10/h1-6H,(H,17,18). The first-order valence-electron chi connectivity index (χ1n) is 4.94. The fraction of sp³-hybridized carbons (Fsp3) is 0.0833. The third kappa shape index (κ3) is 2.42. The van der Waals surface area contributed by atoms with E-state index in [9.17, 15) is 22.4 Å². The summed E-state index contributed by atoms with van der Waals surface area (Å²) in [6, 6.07) is 5.87. The van der Waals surface area contributed by atoms with Crippen LogP contribution in [0.4, 0.5) is 17.6 Å². The third-order valence-electron chi connectivity index (χ3n) is 2.35. The Morgan fingerprint density at radius 3 is 2.39 bits per heavy atom. The average molecular weight is 257 g/mol. The first-order valence-corrected chi connectivity index (χ1v) is 4.94. The quantitative estimate of drug-likeness (QED) is 0.782. The molecular formula is C12H7F4NO. The maximum absolute atomic E-state index is 13.1. The molecule has 18 heavy (non-hydrogen) atoms. The summed E-state index contributed by atoms with van der Waals surface area (Å²) in [7, 11) is 0. The molecule has 94 valence electrons. The van der Waals surface area contributed by atoms with Gasteiger partial charge in [-0.15, -0.1) is 0 Å². The molecule has 0 saturated carbocycles. The summed E-state index contributed by atoms with van der Waals surface area (Å²) in [4.78, 5) is 13.3. The molecule has 0 spiro atoms. The van der Waals surface area contributed by atoms with Crippen LogP contribution >= 0.6 is 0 Å². The van der Waals surface area contributed by atoms with Gasteiger partial charge in [-0.1, -0.05) is 6.07 Å². The van der Waals surface area contributed by atoms with Crippen LogP contribution < -0.4 is 5.56 Å². The number of hydrogen-bond donors (Lipinski definition) is 1. The van der Waals surface area contributed by atoms with Gasteiger partial charge in [-0.3, -0.25) is 4.79 Å². The number of alkyl halides is 3. The molecule has 0 bridgehead atoms. The number of nitrogens with one attached hydrogen (secondary N) is 1. The second-order valence-corrected chi connectivity index (χ2v) is 3.62. The van der Waals surface area contributed by atoms with Crippen LogP contribution in [0.2, 0.25) is 0 Å². The Hall–Kier alpha value is -2.11. The fourth-order valence-corrected chi connectivity index (χ4v) is 1.59. The molecule has 0 saturated heterocycles. The molecular weight excluding hydrogens is 250 g/mol. The van der Waals surface area contributed by atoms with Crippen molar-refractivity contribution in [2.24, 2.45) is 0 Å². The van der Waals surface area contributed by atoms with Gasteiger partial charge < -0.3 is 4.98 Å². The van der Waals surface area contributed by atoms with Gasteiger partial charge in [0.05, 0.1) is 5.56 Å². The summed E-state index contributed by atoms with van der Waals surface area (Å²) in [6.07, 6.45) is -4.62. The summed E-state index contributed by atoms with van der Waals surface area (Å²) in [5.74, 6) is -0.803. The van der Waals surface area contributed by atoms with Gasteiger partial charge in [0.25, 0.3) is 0 Å². The highest BCUT2D eigenvalue weighted by molar-refractivity contribution is 5.64. The van der Waals surface area contributed by atoms with Crippen molar-refractivity contribution in [3.63, 3.8) is 0 Å². The van der Waals surface area contributed by atoms with E-state index >= 15 is 0 Å². The number of benzene rings is 1. The maximum Gasteiger partial charge on any atom is 0.417 e. The Morgan fingerprint density at radius 2 is 1.78 bits per heavy atom. The van der Waals surface area contributed by atoms with Gasteiger partial charge in [-0.05, 0) is 24.3 Å². The second kappa shape index (κ2) is 4.29. The van der Waals surface area contributed by atoms with Crippen LogP contribution in [-0.4, -0.2) is 4.98 Å². The maximum atomic E-state index is 13.1. The monoisotopic (exact) mass is 257 g/mol. The molecule has 0 unspecified atom stereocenters. The summed E-state index contributed by atoms with van der Waals surface area (Å²) >= 11 is 0. The normalized spacial score (nSPS) is 11.6. The number of pyridine rings is 1. The van der Waals surface area contributed by atoms with Crippen molar-refractivity contribution < 1.29 is 17.6 Å². The number of hydrogen-bond acceptors (Lipinski definition) is 1. The molecule has 2 rings (SSSR count). The van der Waals surface area contributed by atoms with Crippen molar-refractivity contribution in [2.75, 3.05) is 0 Å². The zero-order valence-electron chi connectivity index (χ0n) is 8.88. The van der Waals surface area contributed by atoms with E-state index in [1.165, 1.54) is 12.1 Å². The van der Waals surface area contributed by atoms with Crippen molar-refractivity contribution in [1.29, 1.82) is 0 Å². The lowest BCUT2D eigenvalue weighted by atomic mass is 10.0. The number of aromatic nitrogens is 1. The number of halogens is 4. The molecule has 1 heterocycles. The Bertz CT molecular complexity index is 630. The summed E-state index contributed by atoms with van der Waals surface area (Å²) < 4.78 is 51.3. The van der Waals surface area contributed by atoms with E-state index in [4.69, 9.17) is 0 Å². The van der Waals surface area contributed by atoms with E-state index in [0.29, 0.717) is 6.07 Å². The molecule has 0 fully saturated rings. The number of H-pyrrole nitrogens is 1. The van der Waals surface area contributed by atoms with Crippen LogP contribution in [0, 0.1) is 5.82 Å². The minimum Gasteiger partial charge on any atom is -0.322 e. The highest BCUT2D eigenvalue weighted by atomic mass is 19.4. The zero-order valence-corrected chi connectivity index (χ0v) is 8.88. The van der Waals surface area contributed by atoms with E-state index in [0.717, 1.165) is 18.2 Å². The number of rotatable bonds is 1. The SMILES string of the molecule is O=c1cccc(-c2cc(F)ccc2C(F)(F)F)[nH]1. The lowest BCUT2D eigenvalue weighted by molar-refractivity contribution is -0.137. The van der Waals surface area contributed by atoms with Gasteiger partial charge in [-0.25, -0.2) is 4.39 Å². The Kier molecular flexibility index (Phi) is 2.94. The van der Waals surface area contributed by atoms with Crippen LogP contribution in [0.15, 0.2) is 41.2 Å². The third-order valence-corrected chi connectivity index (χ3v) is 2.35. The van der Waals surface area contributed by atoms with Gasteiger partial charge in [0.1, 0.15) is 5.82 Å². The molecule has 2 aromatic rings. The lowest BCUT2D eigenvalue weighted by Crippen LogP contribution is -2.10. The molecule has 0 aliphatic carbocycles. The van der Waals surface area contributed by atoms with Crippen LogP contribution in [-0.2, 0) is 6.18 Å². The van der Waals surface area contributed by atoms with Crippen molar-refractivity contribution in [3.05, 3.63) is 58.1 Å². The predicted octanol–water partition coefficient (Wildman–Crippen LogP) is 3.20. The van der Waals surface area contributed by atoms with E-state index in [-0.39, 0.29) is 11.3 Å². The van der Waals surface area contributed by atoms with Gasteiger partial charge in [0, 0.05) is 17.3 Å². The highest BCUT2D eigenvalue weighted by Crippen LogP contribution is 2.36. The second-order valence-electron chi connectivity index (χ2n) is 3.62. The number of aromatic amines is 1. The molecule has 1 aromatic heterocycles. The molecule has 6 heteroatoms. The molecule has 0 aliphatic heterocycles. The zero-order chi connectivity index (χ0) is 13.3. The highest BCUT2D eigenvalue weighted by Gasteiger charge is 2.34. The van der Waals surface area contributed by atoms with E-state index in [1.807, 2.05) is 0 Å². The largest absolute Gasteiger partial charge is 0.417 e. The van der Waals surface area contributed by atoms with Crippen LogP contribution in [0.3, 0.4) is 0 Å². The van der Waals surface area contributed by atoms with E-state index < -0.39 is 23.1 Å². The van der Waals surface area contributed by atoms with Gasteiger partial charge in [0.2, 0.25) is 5.56 Å². The lowest BCUT2D eigenvalue weighted by Gasteiger charge is -2.12. The average Bonchev–Trinajstić information content (AvgIpc) is 2.27. The van der Waals surface area contributed by atoms with Crippen molar-refractivity contribution in [2.45, 2.75) is 6.18 Å². The van der Waals surface area contributed by atoms with Crippen molar-refractivity contribution in [1.82, 2.24) is 4.98 Å². The molecule has 0 aliphatic rings. The topological polar surface area (TPSA) is 32.9 Å². The minimum absolute atomic E-state index is 0.0747. The molecule has 1 aromatic carbocycles. The van der Waals surface area contributed by atoms with E-state index in [2.05, 4.69) is 4.98 Å². The predicted molar refractivity (Wildman–Crippen MR) is 57.5 cm³/mol. The van der Waals surface area contributed by atoms with Gasteiger partial charge >= 0.3 is 6.18 Å². The first-order chi connectivity index (χ1) is 8.38. The summed E-state index contributed by atoms with van der Waals surface area (Å²) in [6.45, 7) is 0. The van der Waals surface area contributed by atoms with E-state index in [1.54, 1.807) is 0 Å². The smallest absolute Gasteiger partial charge is 0.322 e. The Morgan fingerprint density at radius 1 is 1.06 bits per heavy atom. The molecule has 0 amide bonds. The van der Waals surface area contributed by atoms with Crippen LogP contribution in [0.5, 0.6) is 0 Å². The molecule has 0 radical (unpaired) electrons. The Balaban J connectivity index is 2.70.